The zero-order valence-corrected chi connectivity index (χ0v) is 13.6. The van der Waals surface area contributed by atoms with Crippen molar-refractivity contribution in [2.75, 3.05) is 13.2 Å². The van der Waals surface area contributed by atoms with Crippen LogP contribution in [0.15, 0.2) is 30.3 Å². The highest BCUT2D eigenvalue weighted by Crippen LogP contribution is 2.28. The topological polar surface area (TPSA) is 75.6 Å². The van der Waals surface area contributed by atoms with Crippen molar-refractivity contribution in [3.8, 4) is 0 Å². The zero-order valence-electron chi connectivity index (χ0n) is 13.6. The number of rotatable bonds is 7. The third-order valence-electron chi connectivity index (χ3n) is 4.35. The van der Waals surface area contributed by atoms with Crippen LogP contribution in [0.3, 0.4) is 0 Å². The number of carboxylic acids is 1. The van der Waals surface area contributed by atoms with E-state index in [4.69, 9.17) is 9.84 Å². The lowest BCUT2D eigenvalue weighted by Crippen LogP contribution is -2.48. The van der Waals surface area contributed by atoms with Gasteiger partial charge in [0.25, 0.3) is 0 Å². The van der Waals surface area contributed by atoms with E-state index < -0.39 is 11.4 Å². The molecule has 2 unspecified atom stereocenters. The zero-order chi connectivity index (χ0) is 16.7. The van der Waals surface area contributed by atoms with E-state index in [1.165, 1.54) is 0 Å². The minimum Gasteiger partial charge on any atom is -0.481 e. The highest BCUT2D eigenvalue weighted by atomic mass is 16.5. The molecular formula is C18H25NO4. The smallest absolute Gasteiger partial charge is 0.303 e. The largest absolute Gasteiger partial charge is 0.481 e. The fourth-order valence-corrected chi connectivity index (χ4v) is 2.89. The summed E-state index contributed by atoms with van der Waals surface area (Å²) >= 11 is 0. The summed E-state index contributed by atoms with van der Waals surface area (Å²) in [6.45, 7) is 3.05. The molecule has 2 rings (SSSR count). The molecule has 0 aliphatic carbocycles. The Morgan fingerprint density at radius 3 is 2.70 bits per heavy atom. The highest BCUT2D eigenvalue weighted by molar-refractivity contribution is 5.82. The second kappa shape index (κ2) is 8.11. The van der Waals surface area contributed by atoms with E-state index in [9.17, 15) is 9.59 Å². The maximum absolute atomic E-state index is 12.6. The van der Waals surface area contributed by atoms with Gasteiger partial charge in [-0.25, -0.2) is 0 Å². The number of carbonyl (C=O) groups is 2. The molecule has 0 aromatic heterocycles. The third-order valence-corrected chi connectivity index (χ3v) is 4.35. The second-order valence-corrected chi connectivity index (χ2v) is 6.51. The SMILES string of the molecule is CC1(C(=O)NC(CCC(=O)O)Cc2ccccc2)CCCOC1. The van der Waals surface area contributed by atoms with E-state index in [1.54, 1.807) is 0 Å². The predicted molar refractivity (Wildman–Crippen MR) is 87.1 cm³/mol. The van der Waals surface area contributed by atoms with Gasteiger partial charge in [-0.3, -0.25) is 9.59 Å². The molecular weight excluding hydrogens is 294 g/mol. The first-order chi connectivity index (χ1) is 11.0. The number of amides is 1. The lowest BCUT2D eigenvalue weighted by molar-refractivity contribution is -0.140. The molecule has 1 fully saturated rings. The van der Waals surface area contributed by atoms with E-state index in [0.717, 1.165) is 18.4 Å². The molecule has 0 saturated carbocycles. The predicted octanol–water partition coefficient (Wildman–Crippen LogP) is 2.40. The summed E-state index contributed by atoms with van der Waals surface area (Å²) in [6, 6.07) is 9.63. The van der Waals surface area contributed by atoms with Gasteiger partial charge in [-0.15, -0.1) is 0 Å². The van der Waals surface area contributed by atoms with Crippen molar-refractivity contribution in [3.05, 3.63) is 35.9 Å². The Morgan fingerprint density at radius 2 is 2.09 bits per heavy atom. The van der Waals surface area contributed by atoms with Gasteiger partial charge in [0, 0.05) is 19.1 Å². The number of hydrogen-bond donors (Lipinski definition) is 2. The summed E-state index contributed by atoms with van der Waals surface area (Å²) in [4.78, 5) is 23.5. The van der Waals surface area contributed by atoms with Crippen molar-refractivity contribution < 1.29 is 19.4 Å². The first-order valence-corrected chi connectivity index (χ1v) is 8.14. The van der Waals surface area contributed by atoms with Crippen LogP contribution in [0.4, 0.5) is 0 Å². The molecule has 2 N–H and O–H groups in total. The van der Waals surface area contributed by atoms with Gasteiger partial charge in [-0.2, -0.15) is 0 Å². The maximum atomic E-state index is 12.6. The Kier molecular flexibility index (Phi) is 6.16. The molecule has 23 heavy (non-hydrogen) atoms. The Balaban J connectivity index is 2.00. The van der Waals surface area contributed by atoms with Crippen LogP contribution < -0.4 is 5.32 Å². The lowest BCUT2D eigenvalue weighted by Gasteiger charge is -2.33. The van der Waals surface area contributed by atoms with E-state index >= 15 is 0 Å². The average molecular weight is 319 g/mol. The molecule has 0 radical (unpaired) electrons. The van der Waals surface area contributed by atoms with Crippen LogP contribution >= 0.6 is 0 Å². The van der Waals surface area contributed by atoms with Crippen LogP contribution in [0.1, 0.15) is 38.2 Å². The van der Waals surface area contributed by atoms with Gasteiger partial charge < -0.3 is 15.2 Å². The monoisotopic (exact) mass is 319 g/mol. The van der Waals surface area contributed by atoms with Gasteiger partial charge in [-0.05, 0) is 38.2 Å². The van der Waals surface area contributed by atoms with Crippen LogP contribution in [-0.4, -0.2) is 36.2 Å². The molecule has 5 heteroatoms. The molecule has 1 aliphatic rings. The minimum atomic E-state index is -0.843. The molecule has 1 aliphatic heterocycles. The molecule has 5 nitrogen and oxygen atoms in total. The first kappa shape index (κ1) is 17.5. The van der Waals surface area contributed by atoms with Crippen molar-refractivity contribution in [2.24, 2.45) is 5.41 Å². The highest BCUT2D eigenvalue weighted by Gasteiger charge is 2.36. The van der Waals surface area contributed by atoms with E-state index in [0.29, 0.717) is 26.1 Å². The average Bonchev–Trinajstić information content (AvgIpc) is 2.54. The number of carboxylic acid groups (broad SMARTS) is 1. The van der Waals surface area contributed by atoms with Gasteiger partial charge >= 0.3 is 5.97 Å². The number of aliphatic carboxylic acids is 1. The minimum absolute atomic E-state index is 0.0384. The number of ether oxygens (including phenoxy) is 1. The van der Waals surface area contributed by atoms with Crippen LogP contribution in [0.5, 0.6) is 0 Å². The van der Waals surface area contributed by atoms with Gasteiger partial charge in [0.05, 0.1) is 12.0 Å². The molecule has 1 heterocycles. The Morgan fingerprint density at radius 1 is 1.35 bits per heavy atom. The molecule has 1 saturated heterocycles. The summed E-state index contributed by atoms with van der Waals surface area (Å²) in [7, 11) is 0. The van der Waals surface area contributed by atoms with Crippen LogP contribution in [0, 0.1) is 5.41 Å². The molecule has 126 valence electrons. The van der Waals surface area contributed by atoms with Gasteiger partial charge in [0.2, 0.25) is 5.91 Å². The van der Waals surface area contributed by atoms with Gasteiger partial charge in [-0.1, -0.05) is 30.3 Å². The lowest BCUT2D eigenvalue weighted by atomic mass is 9.83. The Labute approximate surface area is 137 Å². The van der Waals surface area contributed by atoms with E-state index in [2.05, 4.69) is 5.32 Å². The number of benzene rings is 1. The second-order valence-electron chi connectivity index (χ2n) is 6.51. The Hall–Kier alpha value is -1.88. The van der Waals surface area contributed by atoms with Crippen molar-refractivity contribution in [2.45, 2.75) is 45.1 Å². The molecule has 0 bridgehead atoms. The van der Waals surface area contributed by atoms with Crippen molar-refractivity contribution in [1.82, 2.24) is 5.32 Å². The molecule has 1 aromatic rings. The summed E-state index contributed by atoms with van der Waals surface area (Å²) in [5.74, 6) is -0.881. The summed E-state index contributed by atoms with van der Waals surface area (Å²) in [6.07, 6.45) is 2.78. The summed E-state index contributed by atoms with van der Waals surface area (Å²) in [5.41, 5.74) is 0.574. The Bertz CT molecular complexity index is 523. The molecule has 1 amide bonds. The standard InChI is InChI=1S/C18H25NO4/c1-18(10-5-11-23-13-18)17(22)19-15(8-9-16(20)21)12-14-6-3-2-4-7-14/h2-4,6-7,15H,5,8-13H2,1H3,(H,19,22)(H,20,21). The number of carbonyl (C=O) groups excluding carboxylic acids is 1. The van der Waals surface area contributed by atoms with Crippen LogP contribution in [0.25, 0.3) is 0 Å². The fraction of sp³-hybridized carbons (Fsp3) is 0.556. The first-order valence-electron chi connectivity index (χ1n) is 8.14. The third kappa shape index (κ3) is 5.36. The van der Waals surface area contributed by atoms with Gasteiger partial charge in [0.1, 0.15) is 0 Å². The van der Waals surface area contributed by atoms with E-state index in [-0.39, 0.29) is 18.4 Å². The maximum Gasteiger partial charge on any atom is 0.303 e. The number of hydrogen-bond acceptors (Lipinski definition) is 3. The molecule has 0 spiro atoms. The normalized spacial score (nSPS) is 22.3. The molecule has 1 aromatic carbocycles. The molecule has 2 atom stereocenters. The summed E-state index contributed by atoms with van der Waals surface area (Å²) < 4.78 is 5.45. The van der Waals surface area contributed by atoms with Crippen molar-refractivity contribution in [1.29, 1.82) is 0 Å². The van der Waals surface area contributed by atoms with Gasteiger partial charge in [0.15, 0.2) is 0 Å². The fourth-order valence-electron chi connectivity index (χ4n) is 2.89. The van der Waals surface area contributed by atoms with Crippen LogP contribution in [0.2, 0.25) is 0 Å². The van der Waals surface area contributed by atoms with Crippen LogP contribution in [-0.2, 0) is 20.7 Å². The number of nitrogens with one attached hydrogen (secondary N) is 1. The van der Waals surface area contributed by atoms with Crippen molar-refractivity contribution >= 4 is 11.9 Å². The van der Waals surface area contributed by atoms with Crippen molar-refractivity contribution in [3.63, 3.8) is 0 Å². The summed E-state index contributed by atoms with van der Waals surface area (Å²) in [5, 5.41) is 12.0. The van der Waals surface area contributed by atoms with E-state index in [1.807, 2.05) is 37.3 Å². The quantitative estimate of drug-likeness (QED) is 0.809.